The maximum absolute atomic E-state index is 12.3. The van der Waals surface area contributed by atoms with Crippen molar-refractivity contribution in [3.05, 3.63) is 16.1 Å². The van der Waals surface area contributed by atoms with Crippen molar-refractivity contribution in [2.24, 2.45) is 0 Å². The molecule has 1 aliphatic heterocycles. The molecule has 2 rings (SSSR count). The van der Waals surface area contributed by atoms with Crippen LogP contribution in [-0.4, -0.2) is 59.3 Å². The molecular formula is C14H20N2O5S. The van der Waals surface area contributed by atoms with Gasteiger partial charge in [-0.3, -0.25) is 4.79 Å². The van der Waals surface area contributed by atoms with Crippen molar-refractivity contribution < 1.29 is 24.2 Å². The molecule has 1 aromatic rings. The average molecular weight is 328 g/mol. The van der Waals surface area contributed by atoms with E-state index in [4.69, 9.17) is 14.6 Å². The van der Waals surface area contributed by atoms with Crippen molar-refractivity contribution in [1.82, 2.24) is 9.88 Å². The number of aliphatic carboxylic acids is 1. The Hall–Kier alpha value is -1.51. The molecule has 1 aromatic heterocycles. The fourth-order valence-electron chi connectivity index (χ4n) is 2.20. The van der Waals surface area contributed by atoms with Gasteiger partial charge in [0.15, 0.2) is 6.10 Å². The molecule has 0 saturated carbocycles. The van der Waals surface area contributed by atoms with Crippen LogP contribution in [0.15, 0.2) is 5.38 Å². The Morgan fingerprint density at radius 1 is 1.64 bits per heavy atom. The summed E-state index contributed by atoms with van der Waals surface area (Å²) in [4.78, 5) is 29.1. The normalized spacial score (nSPS) is 19.9. The molecule has 0 bridgehead atoms. The highest BCUT2D eigenvalue weighted by molar-refractivity contribution is 7.09. The average Bonchev–Trinajstić information content (AvgIpc) is 2.96. The maximum atomic E-state index is 12.3. The number of morpholine rings is 1. The Labute approximate surface area is 132 Å². The van der Waals surface area contributed by atoms with E-state index >= 15 is 0 Å². The lowest BCUT2D eigenvalue weighted by molar-refractivity contribution is -0.159. The standard InChI is InChI=1S/C14H20N2O5S/c1-3-20-9(2)13-15-10(8-22-13)6-12(17)16-4-5-21-11(7-16)14(18)19/h8-9,11H,3-7H2,1-2H3,(H,18,19)/t9-,11+/m1/s1. The largest absolute Gasteiger partial charge is 0.479 e. The molecule has 0 spiro atoms. The first-order valence-corrected chi connectivity index (χ1v) is 8.07. The van der Waals surface area contributed by atoms with Gasteiger partial charge in [0.25, 0.3) is 0 Å². The second-order valence-corrected chi connectivity index (χ2v) is 5.88. The van der Waals surface area contributed by atoms with Crippen LogP contribution in [0.4, 0.5) is 0 Å². The number of thiazole rings is 1. The molecule has 2 heterocycles. The number of carboxylic acid groups (broad SMARTS) is 1. The summed E-state index contributed by atoms with van der Waals surface area (Å²) < 4.78 is 10.6. The third-order valence-corrected chi connectivity index (χ3v) is 4.42. The zero-order valence-electron chi connectivity index (χ0n) is 12.7. The molecule has 122 valence electrons. The summed E-state index contributed by atoms with van der Waals surface area (Å²) in [7, 11) is 0. The first-order chi connectivity index (χ1) is 10.5. The van der Waals surface area contributed by atoms with E-state index in [-0.39, 0.29) is 31.6 Å². The van der Waals surface area contributed by atoms with Gasteiger partial charge in [0, 0.05) is 18.5 Å². The maximum Gasteiger partial charge on any atom is 0.334 e. The predicted molar refractivity (Wildman–Crippen MR) is 79.8 cm³/mol. The van der Waals surface area contributed by atoms with Crippen LogP contribution in [0.25, 0.3) is 0 Å². The van der Waals surface area contributed by atoms with Crippen molar-refractivity contribution in [3.63, 3.8) is 0 Å². The second kappa shape index (κ2) is 7.66. The van der Waals surface area contributed by atoms with Crippen LogP contribution in [0.1, 0.15) is 30.7 Å². The van der Waals surface area contributed by atoms with Crippen molar-refractivity contribution in [2.45, 2.75) is 32.5 Å². The number of carbonyl (C=O) groups is 2. The SMILES string of the molecule is CCO[C@H](C)c1nc(CC(=O)N2CCO[C@H](C(=O)O)C2)cs1. The Bertz CT molecular complexity index is 533. The Morgan fingerprint density at radius 3 is 3.09 bits per heavy atom. The van der Waals surface area contributed by atoms with Crippen LogP contribution in [0.3, 0.4) is 0 Å². The van der Waals surface area contributed by atoms with Crippen molar-refractivity contribution in [2.75, 3.05) is 26.3 Å². The van der Waals surface area contributed by atoms with Crippen molar-refractivity contribution in [1.29, 1.82) is 0 Å². The molecule has 2 atom stereocenters. The number of amides is 1. The Balaban J connectivity index is 1.93. The first-order valence-electron chi connectivity index (χ1n) is 7.19. The monoisotopic (exact) mass is 328 g/mol. The lowest BCUT2D eigenvalue weighted by Gasteiger charge is -2.30. The van der Waals surface area contributed by atoms with Crippen LogP contribution in [0.2, 0.25) is 0 Å². The van der Waals surface area contributed by atoms with E-state index in [0.717, 1.165) is 5.01 Å². The van der Waals surface area contributed by atoms with Crippen LogP contribution in [0, 0.1) is 0 Å². The van der Waals surface area contributed by atoms with Crippen molar-refractivity contribution >= 4 is 23.2 Å². The van der Waals surface area contributed by atoms with E-state index in [1.165, 1.54) is 16.2 Å². The summed E-state index contributed by atoms with van der Waals surface area (Å²) in [5, 5.41) is 11.6. The summed E-state index contributed by atoms with van der Waals surface area (Å²) in [6.45, 7) is 5.19. The van der Waals surface area contributed by atoms with Crippen LogP contribution >= 0.6 is 11.3 Å². The molecule has 1 saturated heterocycles. The number of hydrogen-bond acceptors (Lipinski definition) is 6. The number of carboxylic acids is 1. The van der Waals surface area contributed by atoms with E-state index in [9.17, 15) is 9.59 Å². The molecular weight excluding hydrogens is 308 g/mol. The second-order valence-electron chi connectivity index (χ2n) is 4.99. The number of rotatable bonds is 6. The number of aromatic nitrogens is 1. The van der Waals surface area contributed by atoms with Gasteiger partial charge < -0.3 is 19.5 Å². The third kappa shape index (κ3) is 4.25. The lowest BCUT2D eigenvalue weighted by atomic mass is 10.2. The summed E-state index contributed by atoms with van der Waals surface area (Å²) >= 11 is 1.47. The molecule has 1 N–H and O–H groups in total. The first kappa shape index (κ1) is 16.9. The Kier molecular flexibility index (Phi) is 5.87. The minimum absolute atomic E-state index is 0.0838. The highest BCUT2D eigenvalue weighted by atomic mass is 32.1. The van der Waals surface area contributed by atoms with Crippen LogP contribution < -0.4 is 0 Å². The van der Waals surface area contributed by atoms with Crippen LogP contribution in [0.5, 0.6) is 0 Å². The minimum Gasteiger partial charge on any atom is -0.479 e. The van der Waals surface area contributed by atoms with E-state index in [2.05, 4.69) is 4.98 Å². The highest BCUT2D eigenvalue weighted by Crippen LogP contribution is 2.21. The molecule has 1 fully saturated rings. The smallest absolute Gasteiger partial charge is 0.334 e. The summed E-state index contributed by atoms with van der Waals surface area (Å²) in [6.07, 6.45) is -0.859. The van der Waals surface area contributed by atoms with Gasteiger partial charge in [-0.1, -0.05) is 0 Å². The zero-order chi connectivity index (χ0) is 16.1. The van der Waals surface area contributed by atoms with Gasteiger partial charge in [-0.05, 0) is 13.8 Å². The molecule has 8 heteroatoms. The fraction of sp³-hybridized carbons (Fsp3) is 0.643. The van der Waals surface area contributed by atoms with Gasteiger partial charge in [-0.25, -0.2) is 9.78 Å². The topological polar surface area (TPSA) is 89.0 Å². The molecule has 0 unspecified atom stereocenters. The van der Waals surface area contributed by atoms with Gasteiger partial charge in [-0.2, -0.15) is 0 Å². The fourth-order valence-corrected chi connectivity index (χ4v) is 3.03. The number of nitrogens with zero attached hydrogens (tertiary/aromatic N) is 2. The Morgan fingerprint density at radius 2 is 2.41 bits per heavy atom. The lowest BCUT2D eigenvalue weighted by Crippen LogP contribution is -2.49. The molecule has 0 radical (unpaired) electrons. The number of hydrogen-bond donors (Lipinski definition) is 1. The summed E-state index contributed by atoms with van der Waals surface area (Å²) in [5.74, 6) is -1.17. The summed E-state index contributed by atoms with van der Waals surface area (Å²) in [6, 6.07) is 0. The van der Waals surface area contributed by atoms with Crippen LogP contribution in [-0.2, 0) is 25.5 Å². The molecule has 22 heavy (non-hydrogen) atoms. The van der Waals surface area contributed by atoms with E-state index in [1.54, 1.807) is 0 Å². The molecule has 7 nitrogen and oxygen atoms in total. The molecule has 0 aliphatic carbocycles. The van der Waals surface area contributed by atoms with E-state index in [1.807, 2.05) is 19.2 Å². The zero-order valence-corrected chi connectivity index (χ0v) is 13.5. The van der Waals surface area contributed by atoms with Gasteiger partial charge in [-0.15, -0.1) is 11.3 Å². The number of carbonyl (C=O) groups excluding carboxylic acids is 1. The van der Waals surface area contributed by atoms with Gasteiger partial charge in [0.05, 0.1) is 25.3 Å². The third-order valence-electron chi connectivity index (χ3n) is 3.36. The van der Waals surface area contributed by atoms with Gasteiger partial charge >= 0.3 is 5.97 Å². The molecule has 1 aliphatic rings. The molecule has 0 aromatic carbocycles. The summed E-state index contributed by atoms with van der Waals surface area (Å²) in [5.41, 5.74) is 0.690. The van der Waals surface area contributed by atoms with E-state index in [0.29, 0.717) is 18.8 Å². The number of ether oxygens (including phenoxy) is 2. The quantitative estimate of drug-likeness (QED) is 0.841. The minimum atomic E-state index is -1.04. The molecule has 1 amide bonds. The van der Waals surface area contributed by atoms with Gasteiger partial charge in [0.2, 0.25) is 5.91 Å². The van der Waals surface area contributed by atoms with Crippen molar-refractivity contribution in [3.8, 4) is 0 Å². The van der Waals surface area contributed by atoms with Gasteiger partial charge in [0.1, 0.15) is 11.1 Å². The predicted octanol–water partition coefficient (Wildman–Crippen LogP) is 1.10. The van der Waals surface area contributed by atoms with E-state index < -0.39 is 12.1 Å². The highest BCUT2D eigenvalue weighted by Gasteiger charge is 2.29.